The lowest BCUT2D eigenvalue weighted by Gasteiger charge is -2.23. The van der Waals surface area contributed by atoms with Gasteiger partial charge in [-0.25, -0.2) is 9.37 Å². The second-order valence-electron chi connectivity index (χ2n) is 10.2. The number of hydrogen-bond donors (Lipinski definition) is 2. The van der Waals surface area contributed by atoms with E-state index in [1.165, 1.54) is 17.4 Å². The van der Waals surface area contributed by atoms with Crippen LogP contribution in [0.1, 0.15) is 44.1 Å². The fourth-order valence-corrected chi connectivity index (χ4v) is 7.96. The first-order valence-corrected chi connectivity index (χ1v) is 15.8. The summed E-state index contributed by atoms with van der Waals surface area (Å²) in [5.41, 5.74) is 3.72. The molecule has 2 aromatic carbocycles. The van der Waals surface area contributed by atoms with Crippen LogP contribution in [0.15, 0.2) is 66.7 Å². The van der Waals surface area contributed by atoms with Crippen molar-refractivity contribution in [2.75, 3.05) is 34.4 Å². The molecule has 0 radical (unpaired) electrons. The maximum atomic E-state index is 14.3. The number of carbonyl (C=O) groups excluding carboxylic acids is 2. The predicted octanol–water partition coefficient (Wildman–Crippen LogP) is 6.04. The highest BCUT2D eigenvalue weighted by molar-refractivity contribution is 7.92. The molecule has 4 aromatic rings. The Morgan fingerprint density at radius 1 is 1.15 bits per heavy atom. The van der Waals surface area contributed by atoms with Gasteiger partial charge in [-0.15, -0.1) is 11.3 Å². The Balaban J connectivity index is 1.24. The zero-order chi connectivity index (χ0) is 28.5. The molecule has 10 heteroatoms. The summed E-state index contributed by atoms with van der Waals surface area (Å²) in [6.45, 7) is 2.73. The molecule has 2 unspecified atom stereocenters. The molecule has 0 saturated carbocycles. The first kappa shape index (κ1) is 27.4. The Bertz CT molecular complexity index is 1600. The summed E-state index contributed by atoms with van der Waals surface area (Å²) in [7, 11) is 0. The van der Waals surface area contributed by atoms with Crippen molar-refractivity contribution in [3.8, 4) is 10.4 Å². The lowest BCUT2D eigenvalue weighted by atomic mass is 10.1. The van der Waals surface area contributed by atoms with Crippen molar-refractivity contribution in [2.24, 2.45) is 0 Å². The van der Waals surface area contributed by atoms with E-state index in [1.807, 2.05) is 36.4 Å². The molecule has 2 N–H and O–H groups in total. The first-order chi connectivity index (χ1) is 19.9. The quantitative estimate of drug-likeness (QED) is 0.268. The van der Waals surface area contributed by atoms with Crippen LogP contribution in [-0.2, 0) is 17.6 Å². The predicted molar refractivity (Wildman–Crippen MR) is 163 cm³/mol. The average molecular weight is 589 g/mol. The number of aryl methyl sites for hydroxylation is 1. The number of rotatable bonds is 6. The molecule has 2 atom stereocenters. The Morgan fingerprint density at radius 3 is 2.78 bits per heavy atom. The number of hydrogen-bond acceptors (Lipinski definition) is 6. The minimum absolute atomic E-state index is 0.107. The number of benzene rings is 2. The van der Waals surface area contributed by atoms with E-state index in [0.717, 1.165) is 40.3 Å². The number of aromatic nitrogens is 1. The maximum absolute atomic E-state index is 14.3. The van der Waals surface area contributed by atoms with Crippen molar-refractivity contribution in [1.29, 1.82) is 0 Å². The molecule has 0 aliphatic carbocycles. The zero-order valence-corrected chi connectivity index (χ0v) is 24.1. The highest BCUT2D eigenvalue weighted by Gasteiger charge is 2.30. The molecule has 2 aliphatic rings. The van der Waals surface area contributed by atoms with Crippen LogP contribution in [0.3, 0.4) is 0 Å². The van der Waals surface area contributed by atoms with Crippen molar-refractivity contribution >= 4 is 51.5 Å². The summed E-state index contributed by atoms with van der Waals surface area (Å²) in [6.07, 6.45) is 2.45. The van der Waals surface area contributed by atoms with Gasteiger partial charge in [-0.05, 0) is 72.4 Å². The number of pyridine rings is 1. The third kappa shape index (κ3) is 5.59. The van der Waals surface area contributed by atoms with Gasteiger partial charge >= 0.3 is 0 Å². The lowest BCUT2D eigenvalue weighted by Crippen LogP contribution is -2.33. The fourth-order valence-electron chi connectivity index (χ4n) is 5.34. The second kappa shape index (κ2) is 11.6. The van der Waals surface area contributed by atoms with Gasteiger partial charge in [0.1, 0.15) is 28.3 Å². The van der Waals surface area contributed by atoms with Crippen LogP contribution in [0.25, 0.3) is 10.4 Å². The first-order valence-electron chi connectivity index (χ1n) is 13.6. The number of halogens is 1. The monoisotopic (exact) mass is 588 g/mol. The highest BCUT2D eigenvalue weighted by Crippen LogP contribution is 2.42. The number of thiophene rings is 1. The number of carbonyl (C=O) groups is 2. The van der Waals surface area contributed by atoms with E-state index < -0.39 is 17.0 Å². The molecule has 7 nitrogen and oxygen atoms in total. The number of nitrogens with one attached hydrogen (secondary N) is 2. The van der Waals surface area contributed by atoms with Gasteiger partial charge in [0, 0.05) is 23.4 Å². The Kier molecular flexibility index (Phi) is 7.79. The van der Waals surface area contributed by atoms with E-state index in [-0.39, 0.29) is 22.8 Å². The highest BCUT2D eigenvalue weighted by atomic mass is 32.2. The van der Waals surface area contributed by atoms with Gasteiger partial charge in [0.15, 0.2) is 0 Å². The molecule has 4 heterocycles. The van der Waals surface area contributed by atoms with E-state index in [4.69, 9.17) is 0 Å². The van der Waals surface area contributed by atoms with Gasteiger partial charge in [-0.1, -0.05) is 36.4 Å². The molecule has 6 rings (SSSR count). The summed E-state index contributed by atoms with van der Waals surface area (Å²) in [5.74, 6) is 0.278. The summed E-state index contributed by atoms with van der Waals surface area (Å²) in [4.78, 5) is 34.6. The van der Waals surface area contributed by atoms with Gasteiger partial charge in [-0.3, -0.25) is 9.59 Å². The maximum Gasteiger partial charge on any atom is 0.276 e. The average Bonchev–Trinajstić information content (AvgIpc) is 3.56. The van der Waals surface area contributed by atoms with E-state index in [1.54, 1.807) is 36.1 Å². The molecule has 2 aliphatic heterocycles. The number of amides is 2. The molecule has 210 valence electrons. The van der Waals surface area contributed by atoms with Crippen molar-refractivity contribution in [1.82, 2.24) is 4.98 Å². The third-order valence-corrected chi connectivity index (χ3v) is 10.6. The van der Waals surface area contributed by atoms with Crippen LogP contribution in [0.5, 0.6) is 0 Å². The smallest absolute Gasteiger partial charge is 0.276 e. The number of anilines is 3. The van der Waals surface area contributed by atoms with Gasteiger partial charge in [0.25, 0.3) is 11.8 Å². The largest absolute Gasteiger partial charge is 0.616 e. The van der Waals surface area contributed by atoms with Crippen LogP contribution in [0.2, 0.25) is 0 Å². The summed E-state index contributed by atoms with van der Waals surface area (Å²) in [5, 5.41) is 6.10. The molecular formula is C31H29FN4O3S2. The molecule has 2 aromatic heterocycles. The van der Waals surface area contributed by atoms with Crippen LogP contribution in [-0.4, -0.2) is 45.4 Å². The van der Waals surface area contributed by atoms with E-state index >= 15 is 0 Å². The van der Waals surface area contributed by atoms with Crippen molar-refractivity contribution in [3.63, 3.8) is 0 Å². The molecule has 0 bridgehead atoms. The third-order valence-electron chi connectivity index (χ3n) is 7.51. The Morgan fingerprint density at radius 2 is 1.98 bits per heavy atom. The van der Waals surface area contributed by atoms with Gasteiger partial charge < -0.3 is 20.1 Å². The molecule has 1 saturated heterocycles. The van der Waals surface area contributed by atoms with Gasteiger partial charge in [-0.2, -0.15) is 0 Å². The molecule has 2 amide bonds. The number of nitrogens with zero attached hydrogens (tertiary/aromatic N) is 2. The van der Waals surface area contributed by atoms with E-state index in [0.29, 0.717) is 41.5 Å². The standard InChI is InChI=1S/C31H29FN4O3S2/c1-19-7-4-10-23(32)28(19)35-30(37)26-17-20-14-15-36(25-12-3-2-9-22(25)29(20)40-26)31(38)24-11-5-13-27(34-24)33-18-21-8-6-16-41(21)39/h2-5,7,9-13,17,21H,6,8,14-16,18H2,1H3,(H,33,34)(H,35,37). The van der Waals surface area contributed by atoms with E-state index in [2.05, 4.69) is 15.6 Å². The van der Waals surface area contributed by atoms with Crippen molar-refractivity contribution in [2.45, 2.75) is 31.4 Å². The minimum atomic E-state index is -0.818. The van der Waals surface area contributed by atoms with Gasteiger partial charge in [0.2, 0.25) is 0 Å². The van der Waals surface area contributed by atoms with Crippen molar-refractivity contribution < 1.29 is 18.5 Å². The normalized spacial score (nSPS) is 17.9. The molecule has 41 heavy (non-hydrogen) atoms. The topological polar surface area (TPSA) is 97.4 Å². The SMILES string of the molecule is Cc1cccc(F)c1NC(=O)c1cc2c(s1)-c1ccccc1N(C(=O)c1cccc(NCC3CCC[S+]3[O-])n1)CC2. The van der Waals surface area contributed by atoms with Crippen LogP contribution in [0.4, 0.5) is 21.6 Å². The zero-order valence-electron chi connectivity index (χ0n) is 22.5. The molecule has 0 spiro atoms. The number of para-hydroxylation sites is 2. The minimum Gasteiger partial charge on any atom is -0.616 e. The van der Waals surface area contributed by atoms with Crippen LogP contribution >= 0.6 is 11.3 Å². The second-order valence-corrected chi connectivity index (χ2v) is 13.1. The number of fused-ring (bicyclic) bond motifs is 3. The molecular weight excluding hydrogens is 559 g/mol. The Labute approximate surface area is 245 Å². The summed E-state index contributed by atoms with van der Waals surface area (Å²) < 4.78 is 26.5. The molecule has 1 fully saturated rings. The van der Waals surface area contributed by atoms with E-state index in [9.17, 15) is 18.5 Å². The lowest BCUT2D eigenvalue weighted by molar-refractivity contribution is 0.0981. The van der Waals surface area contributed by atoms with Gasteiger partial charge in [0.05, 0.1) is 22.8 Å². The van der Waals surface area contributed by atoms with Crippen LogP contribution in [0, 0.1) is 12.7 Å². The Hall–Kier alpha value is -3.73. The summed E-state index contributed by atoms with van der Waals surface area (Å²) in [6, 6.07) is 19.5. The summed E-state index contributed by atoms with van der Waals surface area (Å²) >= 11 is 0.520. The van der Waals surface area contributed by atoms with Crippen LogP contribution < -0.4 is 15.5 Å². The van der Waals surface area contributed by atoms with Crippen molar-refractivity contribution in [3.05, 3.63) is 94.2 Å². The fraction of sp³-hybridized carbons (Fsp3) is 0.258.